The summed E-state index contributed by atoms with van der Waals surface area (Å²) in [6.07, 6.45) is 4.78. The van der Waals surface area contributed by atoms with E-state index in [0.29, 0.717) is 15.7 Å². The molecule has 0 bridgehead atoms. The van der Waals surface area contributed by atoms with Gasteiger partial charge in [0.2, 0.25) is 0 Å². The molecule has 5 nitrogen and oxygen atoms in total. The topological polar surface area (TPSA) is 76.0 Å². The monoisotopic (exact) mass is 247 g/mol. The van der Waals surface area contributed by atoms with E-state index in [0.717, 1.165) is 11.8 Å². The van der Waals surface area contributed by atoms with E-state index in [4.69, 9.17) is 5.11 Å². The number of carboxylic acid groups (broad SMARTS) is 1. The van der Waals surface area contributed by atoms with Gasteiger partial charge in [0.25, 0.3) is 0 Å². The Labute approximate surface area is 102 Å². The molecule has 0 radical (unpaired) electrons. The molecule has 0 aliphatic rings. The van der Waals surface area contributed by atoms with Crippen LogP contribution in [-0.4, -0.2) is 26.0 Å². The van der Waals surface area contributed by atoms with Crippen molar-refractivity contribution < 1.29 is 9.90 Å². The number of pyridine rings is 1. The Morgan fingerprint density at radius 1 is 1.24 bits per heavy atom. The minimum Gasteiger partial charge on any atom is -0.478 e. The predicted octanol–water partition coefficient (Wildman–Crippen LogP) is 2.03. The molecule has 86 valence electrons. The average molecular weight is 247 g/mol. The summed E-state index contributed by atoms with van der Waals surface area (Å²) in [5.41, 5.74) is 0.871. The Kier molecular flexibility index (Phi) is 3.34. The standard InChI is InChI=1S/C11H9N3O2S/c1-7-3-6-12-9(8(7)10(15)16)17-11-13-4-2-5-14-11/h2-6H,1H3,(H,15,16). The molecule has 2 rings (SSSR count). The number of rotatable bonds is 3. The molecular formula is C11H9N3O2S. The van der Waals surface area contributed by atoms with Crippen molar-refractivity contribution in [2.75, 3.05) is 0 Å². The molecule has 6 heteroatoms. The number of aromatic nitrogens is 3. The van der Waals surface area contributed by atoms with E-state index >= 15 is 0 Å². The summed E-state index contributed by atoms with van der Waals surface area (Å²) >= 11 is 1.14. The zero-order valence-corrected chi connectivity index (χ0v) is 9.81. The maximum atomic E-state index is 11.1. The maximum Gasteiger partial charge on any atom is 0.338 e. The maximum absolute atomic E-state index is 11.1. The van der Waals surface area contributed by atoms with Crippen LogP contribution in [0.5, 0.6) is 0 Å². The number of carbonyl (C=O) groups is 1. The molecule has 0 unspecified atom stereocenters. The summed E-state index contributed by atoms with van der Waals surface area (Å²) in [7, 11) is 0. The number of hydrogen-bond donors (Lipinski definition) is 1. The van der Waals surface area contributed by atoms with Crippen molar-refractivity contribution in [2.24, 2.45) is 0 Å². The molecule has 2 aromatic heterocycles. The quantitative estimate of drug-likeness (QED) is 0.836. The summed E-state index contributed by atoms with van der Waals surface area (Å²) < 4.78 is 0. The summed E-state index contributed by atoms with van der Waals surface area (Å²) in [5, 5.41) is 10.0. The highest BCUT2D eigenvalue weighted by atomic mass is 32.2. The van der Waals surface area contributed by atoms with Gasteiger partial charge in [-0.3, -0.25) is 0 Å². The zero-order chi connectivity index (χ0) is 12.3. The van der Waals surface area contributed by atoms with Crippen molar-refractivity contribution in [3.63, 3.8) is 0 Å². The second-order valence-corrected chi connectivity index (χ2v) is 4.20. The first-order valence-electron chi connectivity index (χ1n) is 4.82. The molecule has 0 atom stereocenters. The lowest BCUT2D eigenvalue weighted by Crippen LogP contribution is -2.04. The Hall–Kier alpha value is -1.95. The average Bonchev–Trinajstić information content (AvgIpc) is 2.30. The number of aryl methyl sites for hydroxylation is 1. The fraction of sp³-hybridized carbons (Fsp3) is 0.0909. The van der Waals surface area contributed by atoms with Crippen molar-refractivity contribution in [3.8, 4) is 0 Å². The zero-order valence-electron chi connectivity index (χ0n) is 8.99. The molecule has 17 heavy (non-hydrogen) atoms. The first-order chi connectivity index (χ1) is 8.18. The predicted molar refractivity (Wildman–Crippen MR) is 62.1 cm³/mol. The second-order valence-electron chi connectivity index (χ2n) is 3.25. The molecule has 0 spiro atoms. The van der Waals surface area contributed by atoms with E-state index in [1.165, 1.54) is 0 Å². The summed E-state index contributed by atoms with van der Waals surface area (Å²) in [6, 6.07) is 3.37. The van der Waals surface area contributed by atoms with Crippen LogP contribution in [0, 0.1) is 6.92 Å². The van der Waals surface area contributed by atoms with E-state index < -0.39 is 5.97 Å². The molecule has 2 aromatic rings. The van der Waals surface area contributed by atoms with Crippen LogP contribution in [0.3, 0.4) is 0 Å². The van der Waals surface area contributed by atoms with Crippen LogP contribution in [0.1, 0.15) is 15.9 Å². The van der Waals surface area contributed by atoms with Gasteiger partial charge < -0.3 is 5.11 Å². The minimum absolute atomic E-state index is 0.199. The number of carboxylic acids is 1. The number of aromatic carboxylic acids is 1. The van der Waals surface area contributed by atoms with Crippen LogP contribution >= 0.6 is 11.8 Å². The molecule has 2 heterocycles. The molecule has 0 aliphatic carbocycles. The Balaban J connectivity index is 2.40. The van der Waals surface area contributed by atoms with Gasteiger partial charge in [-0.15, -0.1) is 0 Å². The summed E-state index contributed by atoms with van der Waals surface area (Å²) in [4.78, 5) is 23.2. The van der Waals surface area contributed by atoms with E-state index in [1.807, 2.05) is 0 Å². The molecule has 0 aromatic carbocycles. The smallest absolute Gasteiger partial charge is 0.338 e. The van der Waals surface area contributed by atoms with E-state index in [-0.39, 0.29) is 5.56 Å². The normalized spacial score (nSPS) is 10.2. The lowest BCUT2D eigenvalue weighted by atomic mass is 10.2. The van der Waals surface area contributed by atoms with E-state index in [9.17, 15) is 4.79 Å². The van der Waals surface area contributed by atoms with Gasteiger partial charge in [-0.05, 0) is 36.4 Å². The lowest BCUT2D eigenvalue weighted by Gasteiger charge is -2.05. The Morgan fingerprint density at radius 3 is 2.59 bits per heavy atom. The molecule has 0 aliphatic heterocycles. The first kappa shape index (κ1) is 11.5. The third kappa shape index (κ3) is 2.59. The van der Waals surface area contributed by atoms with Crippen molar-refractivity contribution in [2.45, 2.75) is 17.1 Å². The first-order valence-corrected chi connectivity index (χ1v) is 5.64. The van der Waals surface area contributed by atoms with Gasteiger partial charge in [0.15, 0.2) is 5.16 Å². The van der Waals surface area contributed by atoms with Gasteiger partial charge in [0.05, 0.1) is 5.56 Å². The molecule has 0 fully saturated rings. The number of nitrogens with zero attached hydrogens (tertiary/aromatic N) is 3. The van der Waals surface area contributed by atoms with Gasteiger partial charge in [-0.2, -0.15) is 0 Å². The van der Waals surface area contributed by atoms with Crippen molar-refractivity contribution in [1.29, 1.82) is 0 Å². The second kappa shape index (κ2) is 4.92. The molecule has 0 amide bonds. The van der Waals surface area contributed by atoms with Crippen LogP contribution in [0.25, 0.3) is 0 Å². The Bertz CT molecular complexity index is 546. The van der Waals surface area contributed by atoms with Crippen LogP contribution in [0.4, 0.5) is 0 Å². The van der Waals surface area contributed by atoms with Gasteiger partial charge in [0, 0.05) is 18.6 Å². The van der Waals surface area contributed by atoms with E-state index in [2.05, 4.69) is 15.0 Å². The molecule has 1 N–H and O–H groups in total. The largest absolute Gasteiger partial charge is 0.478 e. The highest BCUT2D eigenvalue weighted by Gasteiger charge is 2.16. The van der Waals surface area contributed by atoms with E-state index in [1.54, 1.807) is 37.6 Å². The van der Waals surface area contributed by atoms with Crippen LogP contribution in [-0.2, 0) is 0 Å². The highest BCUT2D eigenvalue weighted by Crippen LogP contribution is 2.27. The highest BCUT2D eigenvalue weighted by molar-refractivity contribution is 7.99. The van der Waals surface area contributed by atoms with Crippen molar-refractivity contribution in [3.05, 3.63) is 41.9 Å². The third-order valence-electron chi connectivity index (χ3n) is 2.07. The minimum atomic E-state index is -0.992. The summed E-state index contributed by atoms with van der Waals surface area (Å²) in [6.45, 7) is 1.74. The third-order valence-corrected chi connectivity index (χ3v) is 2.96. The van der Waals surface area contributed by atoms with Crippen molar-refractivity contribution in [1.82, 2.24) is 15.0 Å². The summed E-state index contributed by atoms with van der Waals surface area (Å²) in [5.74, 6) is -0.992. The van der Waals surface area contributed by atoms with Gasteiger partial charge in [-0.25, -0.2) is 19.7 Å². The van der Waals surface area contributed by atoms with Crippen LogP contribution < -0.4 is 0 Å². The Morgan fingerprint density at radius 2 is 1.94 bits per heavy atom. The SMILES string of the molecule is Cc1ccnc(Sc2ncccn2)c1C(=O)O. The fourth-order valence-electron chi connectivity index (χ4n) is 1.30. The molecule has 0 saturated carbocycles. The van der Waals surface area contributed by atoms with Gasteiger partial charge >= 0.3 is 5.97 Å². The van der Waals surface area contributed by atoms with Crippen LogP contribution in [0.2, 0.25) is 0 Å². The lowest BCUT2D eigenvalue weighted by molar-refractivity contribution is 0.0691. The van der Waals surface area contributed by atoms with Crippen LogP contribution in [0.15, 0.2) is 40.9 Å². The molecule has 0 saturated heterocycles. The fourth-order valence-corrected chi connectivity index (χ4v) is 2.16. The van der Waals surface area contributed by atoms with Gasteiger partial charge in [0.1, 0.15) is 5.03 Å². The molecular weight excluding hydrogens is 238 g/mol. The van der Waals surface area contributed by atoms with Crippen molar-refractivity contribution >= 4 is 17.7 Å². The number of hydrogen-bond acceptors (Lipinski definition) is 5. The van der Waals surface area contributed by atoms with Gasteiger partial charge in [-0.1, -0.05) is 0 Å².